The van der Waals surface area contributed by atoms with E-state index in [1.165, 1.54) is 0 Å². The van der Waals surface area contributed by atoms with Crippen LogP contribution in [0.25, 0.3) is 0 Å². The van der Waals surface area contributed by atoms with Crippen LogP contribution in [0.15, 0.2) is 6.07 Å². The summed E-state index contributed by atoms with van der Waals surface area (Å²) in [7, 11) is 1.71. The summed E-state index contributed by atoms with van der Waals surface area (Å²) in [6.07, 6.45) is 0.861. The fourth-order valence-corrected chi connectivity index (χ4v) is 2.74. The maximum atomic E-state index is 12.1. The van der Waals surface area contributed by atoms with E-state index < -0.39 is 17.1 Å². The Labute approximate surface area is 141 Å². The van der Waals surface area contributed by atoms with Gasteiger partial charge in [0.05, 0.1) is 5.60 Å². The molecule has 1 aromatic rings. The minimum absolute atomic E-state index is 0.183. The lowest BCUT2D eigenvalue weighted by atomic mass is 9.87. The summed E-state index contributed by atoms with van der Waals surface area (Å²) in [5, 5.41) is 14.8. The topological polar surface area (TPSA) is 111 Å². The van der Waals surface area contributed by atoms with Gasteiger partial charge in [-0.1, -0.05) is 0 Å². The number of likely N-dealkylation sites (tertiary alicyclic amines) is 1. The van der Waals surface area contributed by atoms with Crippen LogP contribution in [0.1, 0.15) is 49.8 Å². The molecule has 0 saturated carbocycles. The second kappa shape index (κ2) is 6.43. The van der Waals surface area contributed by atoms with E-state index in [1.54, 1.807) is 22.7 Å². The Morgan fingerprint density at radius 2 is 1.96 bits per heavy atom. The third-order valence-corrected chi connectivity index (χ3v) is 4.09. The van der Waals surface area contributed by atoms with Crippen LogP contribution >= 0.6 is 0 Å². The number of carbonyl (C=O) groups is 2. The molecule has 24 heavy (non-hydrogen) atoms. The van der Waals surface area contributed by atoms with Crippen molar-refractivity contribution in [1.82, 2.24) is 14.7 Å². The number of primary amides is 1. The molecule has 8 heteroatoms. The molecule has 0 radical (unpaired) electrons. The summed E-state index contributed by atoms with van der Waals surface area (Å²) >= 11 is 0. The molecule has 0 spiro atoms. The monoisotopic (exact) mass is 338 g/mol. The highest BCUT2D eigenvalue weighted by molar-refractivity contribution is 5.90. The summed E-state index contributed by atoms with van der Waals surface area (Å²) in [5.41, 5.74) is 4.66. The normalized spacial score (nSPS) is 17.6. The molecule has 0 bridgehead atoms. The van der Waals surface area contributed by atoms with Crippen LogP contribution in [0.2, 0.25) is 0 Å². The lowest BCUT2D eigenvalue weighted by Crippen LogP contribution is -2.49. The Hall–Kier alpha value is -2.09. The van der Waals surface area contributed by atoms with Crippen LogP contribution in [0.3, 0.4) is 0 Å². The third-order valence-electron chi connectivity index (χ3n) is 4.09. The Morgan fingerprint density at radius 1 is 1.38 bits per heavy atom. The molecular weight excluding hydrogens is 312 g/mol. The van der Waals surface area contributed by atoms with Crippen LogP contribution in [-0.4, -0.2) is 56.1 Å². The van der Waals surface area contributed by atoms with Crippen molar-refractivity contribution in [2.24, 2.45) is 12.8 Å². The zero-order valence-electron chi connectivity index (χ0n) is 14.7. The number of aromatic nitrogens is 2. The first-order valence-electron chi connectivity index (χ1n) is 8.02. The number of nitrogens with two attached hydrogens (primary N) is 1. The highest BCUT2D eigenvalue weighted by Crippen LogP contribution is 2.27. The Bertz CT molecular complexity index is 625. The largest absolute Gasteiger partial charge is 0.444 e. The molecule has 2 rings (SSSR count). The molecule has 1 saturated heterocycles. The summed E-state index contributed by atoms with van der Waals surface area (Å²) in [6.45, 7) is 6.32. The van der Waals surface area contributed by atoms with Gasteiger partial charge in [-0.25, -0.2) is 4.79 Å². The van der Waals surface area contributed by atoms with E-state index in [1.807, 2.05) is 20.8 Å². The van der Waals surface area contributed by atoms with Crippen molar-refractivity contribution >= 4 is 12.0 Å². The summed E-state index contributed by atoms with van der Waals surface area (Å²) in [6, 6.07) is 1.60. The standard InChI is InChI=1S/C16H26N4O4/c1-15(2,3)24-14(22)20-7-5-16(23,6-8-20)10-11-9-12(13(17)21)18-19(11)4/h9,23H,5-8,10H2,1-4H3,(H2,17,21). The molecule has 0 aromatic carbocycles. The molecule has 3 N–H and O–H groups in total. The van der Waals surface area contributed by atoms with Gasteiger partial charge in [0.25, 0.3) is 5.91 Å². The Morgan fingerprint density at radius 3 is 2.42 bits per heavy atom. The maximum Gasteiger partial charge on any atom is 0.410 e. The molecule has 1 aliphatic rings. The number of hydrogen-bond donors (Lipinski definition) is 2. The smallest absolute Gasteiger partial charge is 0.410 e. The second-order valence-electron chi connectivity index (χ2n) is 7.38. The first-order valence-corrected chi connectivity index (χ1v) is 8.02. The van der Waals surface area contributed by atoms with Crippen LogP contribution in [0.4, 0.5) is 4.79 Å². The van der Waals surface area contributed by atoms with Crippen LogP contribution in [0, 0.1) is 0 Å². The van der Waals surface area contributed by atoms with Gasteiger partial charge in [0, 0.05) is 32.3 Å². The van der Waals surface area contributed by atoms with Gasteiger partial charge in [0.15, 0.2) is 0 Å². The van der Waals surface area contributed by atoms with Gasteiger partial charge in [-0.15, -0.1) is 0 Å². The predicted octanol–water partition coefficient (Wildman–Crippen LogP) is 0.823. The Kier molecular flexibility index (Phi) is 4.89. The molecule has 1 aliphatic heterocycles. The van der Waals surface area contributed by atoms with Crippen molar-refractivity contribution in [3.63, 3.8) is 0 Å². The molecule has 0 unspecified atom stereocenters. The van der Waals surface area contributed by atoms with E-state index >= 15 is 0 Å². The van der Waals surface area contributed by atoms with Gasteiger partial charge in [-0.2, -0.15) is 5.10 Å². The number of aliphatic hydroxyl groups is 1. The predicted molar refractivity (Wildman–Crippen MR) is 87.4 cm³/mol. The molecule has 2 heterocycles. The quantitative estimate of drug-likeness (QED) is 0.848. The SMILES string of the molecule is Cn1nc(C(N)=O)cc1CC1(O)CCN(C(=O)OC(C)(C)C)CC1. The molecule has 2 amide bonds. The number of hydrogen-bond acceptors (Lipinski definition) is 5. The minimum Gasteiger partial charge on any atom is -0.444 e. The van der Waals surface area contributed by atoms with Crippen molar-refractivity contribution in [2.75, 3.05) is 13.1 Å². The summed E-state index contributed by atoms with van der Waals surface area (Å²) in [4.78, 5) is 24.9. The second-order valence-corrected chi connectivity index (χ2v) is 7.38. The molecule has 134 valence electrons. The van der Waals surface area contributed by atoms with Crippen LogP contribution in [-0.2, 0) is 18.2 Å². The van der Waals surface area contributed by atoms with E-state index in [-0.39, 0.29) is 11.8 Å². The van der Waals surface area contributed by atoms with Gasteiger partial charge in [0.2, 0.25) is 0 Å². The molecule has 8 nitrogen and oxygen atoms in total. The maximum absolute atomic E-state index is 12.1. The Balaban J connectivity index is 1.97. The van der Waals surface area contributed by atoms with Crippen molar-refractivity contribution in [3.8, 4) is 0 Å². The van der Waals surface area contributed by atoms with E-state index in [9.17, 15) is 14.7 Å². The van der Waals surface area contributed by atoms with E-state index in [0.717, 1.165) is 5.69 Å². The van der Waals surface area contributed by atoms with Crippen molar-refractivity contribution in [1.29, 1.82) is 0 Å². The first-order chi connectivity index (χ1) is 11.0. The summed E-state index contributed by atoms with van der Waals surface area (Å²) < 4.78 is 6.91. The van der Waals surface area contributed by atoms with Gasteiger partial charge >= 0.3 is 6.09 Å². The number of piperidine rings is 1. The number of nitrogens with zero attached hydrogens (tertiary/aromatic N) is 3. The zero-order chi connectivity index (χ0) is 18.1. The highest BCUT2D eigenvalue weighted by atomic mass is 16.6. The fraction of sp³-hybridized carbons (Fsp3) is 0.688. The third kappa shape index (κ3) is 4.47. The van der Waals surface area contributed by atoms with Gasteiger partial charge in [-0.05, 0) is 39.7 Å². The molecule has 0 atom stereocenters. The molecule has 1 aromatic heterocycles. The lowest BCUT2D eigenvalue weighted by Gasteiger charge is -2.38. The molecule has 1 fully saturated rings. The number of aryl methyl sites for hydroxylation is 1. The van der Waals surface area contributed by atoms with Gasteiger partial charge in [0.1, 0.15) is 11.3 Å². The van der Waals surface area contributed by atoms with Crippen molar-refractivity contribution in [3.05, 3.63) is 17.5 Å². The van der Waals surface area contributed by atoms with E-state index in [0.29, 0.717) is 32.4 Å². The van der Waals surface area contributed by atoms with Crippen molar-refractivity contribution in [2.45, 2.75) is 51.2 Å². The average Bonchev–Trinajstić information content (AvgIpc) is 2.78. The number of amides is 2. The number of ether oxygens (including phenoxy) is 1. The first kappa shape index (κ1) is 18.3. The van der Waals surface area contributed by atoms with Crippen LogP contribution in [0.5, 0.6) is 0 Å². The van der Waals surface area contributed by atoms with Gasteiger partial charge < -0.3 is 20.5 Å². The van der Waals surface area contributed by atoms with E-state index in [2.05, 4.69) is 5.10 Å². The molecular formula is C16H26N4O4. The van der Waals surface area contributed by atoms with Crippen LogP contribution < -0.4 is 5.73 Å². The summed E-state index contributed by atoms with van der Waals surface area (Å²) in [5.74, 6) is -0.594. The van der Waals surface area contributed by atoms with Crippen molar-refractivity contribution < 1.29 is 19.4 Å². The highest BCUT2D eigenvalue weighted by Gasteiger charge is 2.36. The molecule has 0 aliphatic carbocycles. The number of rotatable bonds is 3. The average molecular weight is 338 g/mol. The number of carbonyl (C=O) groups excluding carboxylic acids is 2. The van der Waals surface area contributed by atoms with Gasteiger partial charge in [-0.3, -0.25) is 9.48 Å². The van der Waals surface area contributed by atoms with E-state index in [4.69, 9.17) is 10.5 Å². The lowest BCUT2D eigenvalue weighted by molar-refractivity contribution is -0.0324. The fourth-order valence-electron chi connectivity index (χ4n) is 2.74. The zero-order valence-corrected chi connectivity index (χ0v) is 14.7. The minimum atomic E-state index is -0.943.